The molecule has 92 valence electrons. The fourth-order valence-corrected chi connectivity index (χ4v) is 1.90. The first-order chi connectivity index (χ1) is 8.13. The van der Waals surface area contributed by atoms with Crippen LogP contribution < -0.4 is 5.73 Å². The van der Waals surface area contributed by atoms with Crippen LogP contribution in [0.1, 0.15) is 34.6 Å². The van der Waals surface area contributed by atoms with Crippen LogP contribution in [-0.4, -0.2) is 40.1 Å². The highest BCUT2D eigenvalue weighted by molar-refractivity contribution is 5.95. The van der Waals surface area contributed by atoms with E-state index in [0.29, 0.717) is 30.4 Å². The van der Waals surface area contributed by atoms with E-state index in [2.05, 4.69) is 10.2 Å². The van der Waals surface area contributed by atoms with Crippen molar-refractivity contribution in [1.29, 1.82) is 0 Å². The van der Waals surface area contributed by atoms with Gasteiger partial charge in [-0.15, -0.1) is 0 Å². The van der Waals surface area contributed by atoms with E-state index in [1.807, 2.05) is 18.7 Å². The van der Waals surface area contributed by atoms with Crippen molar-refractivity contribution >= 4 is 5.91 Å². The molecular weight excluding hydrogens is 216 g/mol. The molecule has 2 N–H and O–H groups in total. The number of carbonyl (C=O) groups excluding carboxylic acids is 1. The largest absolute Gasteiger partial charge is 0.334 e. The Balaban J connectivity index is 2.24. The summed E-state index contributed by atoms with van der Waals surface area (Å²) in [6.45, 7) is 4.77. The molecule has 17 heavy (non-hydrogen) atoms. The number of hydrogen-bond acceptors (Lipinski definition) is 4. The van der Waals surface area contributed by atoms with E-state index < -0.39 is 0 Å². The maximum atomic E-state index is 12.4. The van der Waals surface area contributed by atoms with E-state index in [9.17, 15) is 4.79 Å². The second-order valence-electron chi connectivity index (χ2n) is 4.50. The van der Waals surface area contributed by atoms with Crippen molar-refractivity contribution in [2.45, 2.75) is 32.7 Å². The Morgan fingerprint density at radius 1 is 1.47 bits per heavy atom. The van der Waals surface area contributed by atoms with E-state index in [1.165, 1.54) is 0 Å². The van der Waals surface area contributed by atoms with Gasteiger partial charge in [0.25, 0.3) is 5.91 Å². The Labute approximate surface area is 101 Å². The van der Waals surface area contributed by atoms with E-state index in [4.69, 9.17) is 5.73 Å². The third kappa shape index (κ3) is 2.61. The minimum Gasteiger partial charge on any atom is -0.334 e. The topological polar surface area (TPSA) is 72.1 Å². The van der Waals surface area contributed by atoms with Gasteiger partial charge in [0.2, 0.25) is 0 Å². The molecule has 1 aliphatic rings. The lowest BCUT2D eigenvalue weighted by atomic mass is 10.1. The van der Waals surface area contributed by atoms with Gasteiger partial charge in [0.05, 0.1) is 17.0 Å². The maximum absolute atomic E-state index is 12.4. The van der Waals surface area contributed by atoms with Gasteiger partial charge in [-0.2, -0.15) is 10.2 Å². The summed E-state index contributed by atoms with van der Waals surface area (Å²) in [5.41, 5.74) is 7.66. The summed E-state index contributed by atoms with van der Waals surface area (Å²) >= 11 is 0. The van der Waals surface area contributed by atoms with Crippen molar-refractivity contribution in [3.63, 3.8) is 0 Å². The molecule has 1 fully saturated rings. The van der Waals surface area contributed by atoms with Gasteiger partial charge in [-0.25, -0.2) is 0 Å². The molecule has 0 unspecified atom stereocenters. The van der Waals surface area contributed by atoms with Crippen molar-refractivity contribution in [2.24, 2.45) is 5.73 Å². The van der Waals surface area contributed by atoms with Gasteiger partial charge in [0.15, 0.2) is 0 Å². The smallest absolute Gasteiger partial charge is 0.256 e. The Bertz CT molecular complexity index is 429. The summed E-state index contributed by atoms with van der Waals surface area (Å²) in [5, 5.41) is 7.94. The van der Waals surface area contributed by atoms with E-state index in [-0.39, 0.29) is 5.91 Å². The molecule has 0 saturated heterocycles. The van der Waals surface area contributed by atoms with Gasteiger partial charge in [-0.1, -0.05) is 0 Å². The number of nitrogens with zero attached hydrogens (tertiary/aromatic N) is 3. The molecule has 1 aromatic rings. The third-order valence-electron chi connectivity index (χ3n) is 2.95. The number of aromatic nitrogens is 2. The summed E-state index contributed by atoms with van der Waals surface area (Å²) in [5.74, 6) is 0.0356. The zero-order chi connectivity index (χ0) is 12.4. The van der Waals surface area contributed by atoms with Crippen molar-refractivity contribution in [3.8, 4) is 0 Å². The lowest BCUT2D eigenvalue weighted by molar-refractivity contribution is 0.0746. The summed E-state index contributed by atoms with van der Waals surface area (Å²) in [6, 6.07) is 2.18. The molecule has 0 bridgehead atoms. The molecule has 1 saturated carbocycles. The van der Waals surface area contributed by atoms with Crippen molar-refractivity contribution in [2.75, 3.05) is 13.1 Å². The van der Waals surface area contributed by atoms with Crippen LogP contribution in [0, 0.1) is 13.8 Å². The first kappa shape index (κ1) is 12.0. The Morgan fingerprint density at radius 2 is 2.18 bits per heavy atom. The zero-order valence-electron chi connectivity index (χ0n) is 10.3. The molecule has 1 heterocycles. The molecule has 0 aliphatic heterocycles. The highest BCUT2D eigenvalue weighted by atomic mass is 16.2. The van der Waals surface area contributed by atoms with Gasteiger partial charge >= 0.3 is 0 Å². The lowest BCUT2D eigenvalue weighted by Gasteiger charge is -2.22. The average molecular weight is 234 g/mol. The summed E-state index contributed by atoms with van der Waals surface area (Å²) in [6.07, 6.45) is 2.17. The van der Waals surface area contributed by atoms with Crippen molar-refractivity contribution in [1.82, 2.24) is 15.1 Å². The molecule has 0 atom stereocenters. The number of hydrogen-bond donors (Lipinski definition) is 1. The van der Waals surface area contributed by atoms with E-state index in [0.717, 1.165) is 18.5 Å². The highest BCUT2D eigenvalue weighted by Gasteiger charge is 2.33. The van der Waals surface area contributed by atoms with Gasteiger partial charge in [-0.05, 0) is 32.8 Å². The fourth-order valence-electron chi connectivity index (χ4n) is 1.90. The predicted octanol–water partition coefficient (Wildman–Crippen LogP) is 0.657. The normalized spacial score (nSPS) is 14.8. The number of amides is 1. The van der Waals surface area contributed by atoms with Crippen molar-refractivity contribution in [3.05, 3.63) is 23.0 Å². The standard InChI is InChI=1S/C12H18N4O/c1-8-7-11(9(2)15-14-8)12(17)16(6-5-13)10-3-4-10/h7,10H,3-6,13H2,1-2H3. The second-order valence-corrected chi connectivity index (χ2v) is 4.50. The fraction of sp³-hybridized carbons (Fsp3) is 0.583. The monoisotopic (exact) mass is 234 g/mol. The first-order valence-electron chi connectivity index (χ1n) is 5.95. The average Bonchev–Trinajstić information content (AvgIpc) is 3.12. The second kappa shape index (κ2) is 4.79. The molecule has 0 radical (unpaired) electrons. The molecule has 0 spiro atoms. The van der Waals surface area contributed by atoms with Gasteiger partial charge in [-0.3, -0.25) is 4.79 Å². The predicted molar refractivity (Wildman–Crippen MR) is 64.6 cm³/mol. The maximum Gasteiger partial charge on any atom is 0.256 e. The van der Waals surface area contributed by atoms with E-state index >= 15 is 0 Å². The lowest BCUT2D eigenvalue weighted by Crippen LogP contribution is -2.37. The van der Waals surface area contributed by atoms with E-state index in [1.54, 1.807) is 6.07 Å². The minimum atomic E-state index is 0.0356. The molecule has 5 heteroatoms. The summed E-state index contributed by atoms with van der Waals surface area (Å²) < 4.78 is 0. The molecule has 1 aliphatic carbocycles. The molecular formula is C12H18N4O. The molecule has 2 rings (SSSR count). The van der Waals surface area contributed by atoms with Crippen LogP contribution in [-0.2, 0) is 0 Å². The molecule has 1 amide bonds. The van der Waals surface area contributed by atoms with Crippen LogP contribution >= 0.6 is 0 Å². The van der Waals surface area contributed by atoms with Crippen LogP contribution in [0.15, 0.2) is 6.07 Å². The number of nitrogens with two attached hydrogens (primary N) is 1. The van der Waals surface area contributed by atoms with Crippen LogP contribution in [0.3, 0.4) is 0 Å². The number of carbonyl (C=O) groups is 1. The minimum absolute atomic E-state index is 0.0356. The van der Waals surface area contributed by atoms with Crippen LogP contribution in [0.5, 0.6) is 0 Å². The summed E-state index contributed by atoms with van der Waals surface area (Å²) in [7, 11) is 0. The highest BCUT2D eigenvalue weighted by Crippen LogP contribution is 2.28. The van der Waals surface area contributed by atoms with Crippen LogP contribution in [0.4, 0.5) is 0 Å². The first-order valence-corrected chi connectivity index (χ1v) is 5.95. The summed E-state index contributed by atoms with van der Waals surface area (Å²) in [4.78, 5) is 14.3. The quantitative estimate of drug-likeness (QED) is 0.830. The Kier molecular flexibility index (Phi) is 3.38. The molecule has 1 aromatic heterocycles. The van der Waals surface area contributed by atoms with Gasteiger partial charge < -0.3 is 10.6 Å². The van der Waals surface area contributed by atoms with Crippen molar-refractivity contribution < 1.29 is 4.79 Å². The van der Waals surface area contributed by atoms with Gasteiger partial charge in [0.1, 0.15) is 0 Å². The van der Waals surface area contributed by atoms with Gasteiger partial charge in [0, 0.05) is 19.1 Å². The molecule has 5 nitrogen and oxygen atoms in total. The SMILES string of the molecule is Cc1cc(C(=O)N(CCN)C2CC2)c(C)nn1. The number of rotatable bonds is 4. The Morgan fingerprint density at radius 3 is 2.76 bits per heavy atom. The molecule has 0 aromatic carbocycles. The van der Waals surface area contributed by atoms with Crippen LogP contribution in [0.2, 0.25) is 0 Å². The van der Waals surface area contributed by atoms with Crippen LogP contribution in [0.25, 0.3) is 0 Å². The third-order valence-corrected chi connectivity index (χ3v) is 2.95. The zero-order valence-corrected chi connectivity index (χ0v) is 10.3. The Hall–Kier alpha value is -1.49. The number of aryl methyl sites for hydroxylation is 2.